The Morgan fingerprint density at radius 1 is 0.933 bits per heavy atom. The molecule has 0 spiro atoms. The minimum absolute atomic E-state index is 0.0649. The summed E-state index contributed by atoms with van der Waals surface area (Å²) in [6.45, 7) is 2.29. The largest absolute Gasteiger partial charge is 0.494 e. The molecule has 5 rings (SSSR count). The quantitative estimate of drug-likeness (QED) is 0.599. The van der Waals surface area contributed by atoms with Gasteiger partial charge in [-0.3, -0.25) is 25.2 Å². The normalized spacial score (nSPS) is 28.6. The van der Waals surface area contributed by atoms with Crippen molar-refractivity contribution in [1.29, 1.82) is 0 Å². The number of hydrazine groups is 1. The van der Waals surface area contributed by atoms with Crippen LogP contribution in [0.25, 0.3) is 0 Å². The molecule has 162 valence electrons. The van der Waals surface area contributed by atoms with E-state index in [2.05, 4.69) is 16.2 Å². The van der Waals surface area contributed by atoms with Crippen molar-refractivity contribution in [2.45, 2.75) is 51.9 Å². The van der Waals surface area contributed by atoms with Gasteiger partial charge in [-0.05, 0) is 92.9 Å². The maximum absolute atomic E-state index is 12.5. The Hall–Kier alpha value is -2.57. The Bertz CT molecular complexity index is 770. The summed E-state index contributed by atoms with van der Waals surface area (Å²) in [6, 6.07) is 6.65. The molecular formula is C23H31N3O4. The first-order valence-corrected chi connectivity index (χ1v) is 11.0. The first-order valence-electron chi connectivity index (χ1n) is 11.0. The molecule has 4 aliphatic rings. The van der Waals surface area contributed by atoms with Crippen molar-refractivity contribution in [3.05, 3.63) is 29.8 Å². The zero-order chi connectivity index (χ0) is 21.1. The monoisotopic (exact) mass is 413 g/mol. The maximum Gasteiger partial charge on any atom is 0.269 e. The van der Waals surface area contributed by atoms with Gasteiger partial charge in [0.15, 0.2) is 0 Å². The fraction of sp³-hybridized carbons (Fsp3) is 0.609. The molecule has 0 unspecified atom stereocenters. The van der Waals surface area contributed by atoms with E-state index in [1.807, 2.05) is 6.92 Å². The molecule has 0 saturated heterocycles. The average molecular weight is 414 g/mol. The van der Waals surface area contributed by atoms with Gasteiger partial charge in [-0.15, -0.1) is 0 Å². The third-order valence-electron chi connectivity index (χ3n) is 6.89. The van der Waals surface area contributed by atoms with Gasteiger partial charge in [0.2, 0.25) is 5.91 Å². The summed E-state index contributed by atoms with van der Waals surface area (Å²) in [4.78, 5) is 36.6. The van der Waals surface area contributed by atoms with Crippen LogP contribution >= 0.6 is 0 Å². The summed E-state index contributed by atoms with van der Waals surface area (Å²) in [5.41, 5.74) is 5.28. The molecule has 4 aliphatic carbocycles. The topological polar surface area (TPSA) is 96.5 Å². The number of hydrogen-bond acceptors (Lipinski definition) is 4. The molecule has 7 nitrogen and oxygen atoms in total. The van der Waals surface area contributed by atoms with E-state index in [0.29, 0.717) is 24.3 Å². The minimum Gasteiger partial charge on any atom is -0.494 e. The van der Waals surface area contributed by atoms with Gasteiger partial charge in [0.25, 0.3) is 11.8 Å². The maximum atomic E-state index is 12.5. The highest BCUT2D eigenvalue weighted by Gasteiger charge is 2.51. The molecule has 4 saturated carbocycles. The molecule has 1 aromatic carbocycles. The summed E-state index contributed by atoms with van der Waals surface area (Å²) in [6.07, 6.45) is 8.04. The fourth-order valence-electron chi connectivity index (χ4n) is 6.20. The molecule has 0 atom stereocenters. The third kappa shape index (κ3) is 4.77. The lowest BCUT2D eigenvalue weighted by Crippen LogP contribution is -2.49. The van der Waals surface area contributed by atoms with Crippen molar-refractivity contribution in [1.82, 2.24) is 16.2 Å². The smallest absolute Gasteiger partial charge is 0.269 e. The van der Waals surface area contributed by atoms with Crippen LogP contribution in [-0.2, 0) is 9.59 Å². The Morgan fingerprint density at radius 2 is 1.53 bits per heavy atom. The molecule has 0 aliphatic heterocycles. The van der Waals surface area contributed by atoms with Gasteiger partial charge in [0.05, 0.1) is 13.2 Å². The minimum atomic E-state index is -0.451. The lowest BCUT2D eigenvalue weighted by Gasteiger charge is -2.56. The standard InChI is InChI=1S/C23H31N3O4/c1-2-30-19-5-3-18(4-6-19)22(29)26-25-21(28)14-24-20(27)13-23-10-15-7-16(11-23)9-17(8-15)12-23/h3-6,15-17H,2,7-14H2,1H3,(H,24,27)(H,25,28)(H,26,29). The first-order chi connectivity index (χ1) is 14.4. The van der Waals surface area contributed by atoms with E-state index in [1.54, 1.807) is 24.3 Å². The molecule has 0 aromatic heterocycles. The van der Waals surface area contributed by atoms with Crippen molar-refractivity contribution < 1.29 is 19.1 Å². The zero-order valence-electron chi connectivity index (χ0n) is 17.5. The van der Waals surface area contributed by atoms with Crippen LogP contribution in [0.1, 0.15) is 62.2 Å². The number of rotatable bonds is 7. The lowest BCUT2D eigenvalue weighted by molar-refractivity contribution is -0.132. The predicted molar refractivity (Wildman–Crippen MR) is 111 cm³/mol. The molecule has 4 fully saturated rings. The van der Waals surface area contributed by atoms with E-state index in [4.69, 9.17) is 4.74 Å². The number of benzene rings is 1. The number of nitrogens with one attached hydrogen (secondary N) is 3. The SMILES string of the molecule is CCOc1ccc(C(=O)NNC(=O)CNC(=O)CC23CC4CC(CC(C4)C2)C3)cc1. The molecule has 30 heavy (non-hydrogen) atoms. The van der Waals surface area contributed by atoms with Gasteiger partial charge < -0.3 is 10.1 Å². The Morgan fingerprint density at radius 3 is 2.10 bits per heavy atom. The molecule has 0 radical (unpaired) electrons. The summed E-state index contributed by atoms with van der Waals surface area (Å²) in [7, 11) is 0. The number of hydrogen-bond donors (Lipinski definition) is 3. The van der Waals surface area contributed by atoms with Crippen LogP contribution in [-0.4, -0.2) is 30.9 Å². The van der Waals surface area contributed by atoms with Gasteiger partial charge in [-0.2, -0.15) is 0 Å². The Labute approximate surface area is 177 Å². The van der Waals surface area contributed by atoms with Crippen molar-refractivity contribution in [2.75, 3.05) is 13.2 Å². The highest BCUT2D eigenvalue weighted by molar-refractivity contribution is 5.95. The van der Waals surface area contributed by atoms with E-state index < -0.39 is 11.8 Å². The fourth-order valence-corrected chi connectivity index (χ4v) is 6.20. The van der Waals surface area contributed by atoms with Gasteiger partial charge in [0.1, 0.15) is 5.75 Å². The summed E-state index contributed by atoms with van der Waals surface area (Å²) in [5, 5.41) is 2.72. The zero-order valence-corrected chi connectivity index (χ0v) is 17.5. The number of carbonyl (C=O) groups excluding carboxylic acids is 3. The predicted octanol–water partition coefficient (Wildman–Crippen LogP) is 2.57. The van der Waals surface area contributed by atoms with Crippen LogP contribution in [0.3, 0.4) is 0 Å². The molecule has 3 amide bonds. The van der Waals surface area contributed by atoms with Crippen LogP contribution in [0, 0.1) is 23.2 Å². The molecule has 3 N–H and O–H groups in total. The van der Waals surface area contributed by atoms with Gasteiger partial charge in [-0.25, -0.2) is 0 Å². The number of ether oxygens (including phenoxy) is 1. The van der Waals surface area contributed by atoms with Crippen molar-refractivity contribution in [2.24, 2.45) is 23.2 Å². The second-order valence-corrected chi connectivity index (χ2v) is 9.33. The van der Waals surface area contributed by atoms with Crippen LogP contribution in [0.2, 0.25) is 0 Å². The van der Waals surface area contributed by atoms with Crippen molar-refractivity contribution in [3.8, 4) is 5.75 Å². The van der Waals surface area contributed by atoms with E-state index in [1.165, 1.54) is 19.3 Å². The molecule has 4 bridgehead atoms. The molecular weight excluding hydrogens is 382 g/mol. The summed E-state index contributed by atoms with van der Waals surface area (Å²) < 4.78 is 5.34. The molecule has 0 heterocycles. The van der Waals surface area contributed by atoms with Gasteiger partial charge >= 0.3 is 0 Å². The average Bonchev–Trinajstić information content (AvgIpc) is 2.70. The Kier molecular flexibility index (Phi) is 5.97. The molecule has 1 aromatic rings. The van der Waals surface area contributed by atoms with Crippen molar-refractivity contribution >= 4 is 17.7 Å². The van der Waals surface area contributed by atoms with E-state index in [-0.39, 0.29) is 17.9 Å². The highest BCUT2D eigenvalue weighted by atomic mass is 16.5. The Balaban J connectivity index is 1.18. The third-order valence-corrected chi connectivity index (χ3v) is 6.89. The van der Waals surface area contributed by atoms with E-state index in [0.717, 1.165) is 37.0 Å². The van der Waals surface area contributed by atoms with Crippen LogP contribution in [0.4, 0.5) is 0 Å². The van der Waals surface area contributed by atoms with Gasteiger partial charge in [0, 0.05) is 12.0 Å². The summed E-state index contributed by atoms with van der Waals surface area (Å²) in [5.74, 6) is 2.13. The van der Waals surface area contributed by atoms with E-state index in [9.17, 15) is 14.4 Å². The van der Waals surface area contributed by atoms with E-state index >= 15 is 0 Å². The van der Waals surface area contributed by atoms with Crippen LogP contribution < -0.4 is 20.9 Å². The second kappa shape index (κ2) is 8.66. The lowest BCUT2D eigenvalue weighted by atomic mass is 9.49. The number of amides is 3. The second-order valence-electron chi connectivity index (χ2n) is 9.33. The highest BCUT2D eigenvalue weighted by Crippen LogP contribution is 2.61. The number of carbonyl (C=O) groups is 3. The summed E-state index contributed by atoms with van der Waals surface area (Å²) >= 11 is 0. The van der Waals surface area contributed by atoms with Crippen molar-refractivity contribution in [3.63, 3.8) is 0 Å². The first kappa shape index (κ1) is 20.7. The van der Waals surface area contributed by atoms with Crippen LogP contribution in [0.15, 0.2) is 24.3 Å². The van der Waals surface area contributed by atoms with Gasteiger partial charge in [-0.1, -0.05) is 0 Å². The molecule has 7 heteroatoms. The van der Waals surface area contributed by atoms with Crippen LogP contribution in [0.5, 0.6) is 5.75 Å².